The summed E-state index contributed by atoms with van der Waals surface area (Å²) in [6.45, 7) is 3.68. The molecule has 0 bridgehead atoms. The van der Waals surface area contributed by atoms with Gasteiger partial charge in [-0.05, 0) is 44.4 Å². The monoisotopic (exact) mass is 400 g/mol. The molecule has 0 unspecified atom stereocenters. The Hall–Kier alpha value is -1.69. The van der Waals surface area contributed by atoms with Crippen molar-refractivity contribution in [3.05, 3.63) is 47.8 Å². The van der Waals surface area contributed by atoms with Crippen molar-refractivity contribution in [3.63, 3.8) is 0 Å². The van der Waals surface area contributed by atoms with Gasteiger partial charge in [0.1, 0.15) is 5.82 Å². The molecule has 0 N–H and O–H groups in total. The van der Waals surface area contributed by atoms with Crippen LogP contribution in [-0.4, -0.2) is 30.5 Å². The lowest BCUT2D eigenvalue weighted by Crippen LogP contribution is -2.43. The fraction of sp³-hybridized carbons (Fsp3) is 0.444. The van der Waals surface area contributed by atoms with Crippen molar-refractivity contribution in [3.8, 4) is 0 Å². The average molecular weight is 401 g/mol. The Morgan fingerprint density at radius 2 is 1.62 bits per heavy atom. The second-order valence-electron chi connectivity index (χ2n) is 5.16. The molecule has 24 heavy (non-hydrogen) atoms. The Balaban J connectivity index is 3.25. The highest BCUT2D eigenvalue weighted by molar-refractivity contribution is 9.09. The zero-order chi connectivity index (χ0) is 18.0. The van der Waals surface area contributed by atoms with Crippen LogP contribution in [0, 0.1) is 11.2 Å². The summed E-state index contributed by atoms with van der Waals surface area (Å²) >= 11 is 3.27. The molecule has 0 amide bonds. The maximum Gasteiger partial charge on any atom is 0.324 e. The van der Waals surface area contributed by atoms with E-state index in [-0.39, 0.29) is 31.9 Å². The van der Waals surface area contributed by atoms with Gasteiger partial charge in [-0.15, -0.1) is 0 Å². The third kappa shape index (κ3) is 5.44. The molecule has 0 spiro atoms. The molecule has 0 aliphatic rings. The molecule has 0 atom stereocenters. The number of carbonyl (C=O) groups excluding carboxylic acids is 2. The molecular formula is C18H22BrFO4. The standard InChI is InChI=1S/C18H22BrFO4/c1-3-23-16(21)18(11-5-6-12-19,17(22)24-4-2)13-14-7-9-15(20)10-8-14/h5-10H,3-4,11-13H2,1-2H3/b6-5-. The van der Waals surface area contributed by atoms with Gasteiger partial charge in [-0.25, -0.2) is 4.39 Å². The fourth-order valence-electron chi connectivity index (χ4n) is 2.30. The lowest BCUT2D eigenvalue weighted by atomic mass is 9.78. The zero-order valence-electron chi connectivity index (χ0n) is 13.9. The number of hydrogen-bond donors (Lipinski definition) is 0. The number of halogens is 2. The van der Waals surface area contributed by atoms with E-state index in [2.05, 4.69) is 15.9 Å². The average Bonchev–Trinajstić information content (AvgIpc) is 2.56. The summed E-state index contributed by atoms with van der Waals surface area (Å²) in [5, 5.41) is 0.602. The van der Waals surface area contributed by atoms with Crippen LogP contribution in [0.5, 0.6) is 0 Å². The highest BCUT2D eigenvalue weighted by atomic mass is 79.9. The van der Waals surface area contributed by atoms with E-state index >= 15 is 0 Å². The molecule has 6 heteroatoms. The Kier molecular flexibility index (Phi) is 8.68. The molecule has 0 saturated heterocycles. The molecule has 0 saturated carbocycles. The molecule has 0 heterocycles. The van der Waals surface area contributed by atoms with E-state index in [9.17, 15) is 14.0 Å². The second-order valence-corrected chi connectivity index (χ2v) is 5.80. The molecule has 0 fully saturated rings. The Labute approximate surface area is 150 Å². The normalized spacial score (nSPS) is 11.5. The predicted octanol–water partition coefficient (Wildman–Crippen LogP) is 3.82. The van der Waals surface area contributed by atoms with Crippen LogP contribution in [0.25, 0.3) is 0 Å². The van der Waals surface area contributed by atoms with E-state index in [0.717, 1.165) is 0 Å². The van der Waals surface area contributed by atoms with Crippen LogP contribution in [-0.2, 0) is 25.5 Å². The first-order chi connectivity index (χ1) is 11.5. The van der Waals surface area contributed by atoms with E-state index in [4.69, 9.17) is 9.47 Å². The summed E-state index contributed by atoms with van der Waals surface area (Å²) in [4.78, 5) is 25.2. The third-order valence-corrected chi connectivity index (χ3v) is 3.85. The van der Waals surface area contributed by atoms with Crippen molar-refractivity contribution in [1.82, 2.24) is 0 Å². The molecule has 1 aromatic carbocycles. The van der Waals surface area contributed by atoms with Gasteiger partial charge in [0.15, 0.2) is 5.41 Å². The summed E-state index contributed by atoms with van der Waals surface area (Å²) in [7, 11) is 0. The van der Waals surface area contributed by atoms with Crippen LogP contribution < -0.4 is 0 Å². The highest BCUT2D eigenvalue weighted by Crippen LogP contribution is 2.32. The molecule has 0 aliphatic heterocycles. The van der Waals surface area contributed by atoms with Gasteiger partial charge in [0, 0.05) is 5.33 Å². The topological polar surface area (TPSA) is 52.6 Å². The van der Waals surface area contributed by atoms with E-state index in [1.807, 2.05) is 0 Å². The van der Waals surface area contributed by atoms with Crippen LogP contribution in [0.1, 0.15) is 25.8 Å². The lowest BCUT2D eigenvalue weighted by molar-refractivity contribution is -0.171. The van der Waals surface area contributed by atoms with E-state index in [0.29, 0.717) is 10.9 Å². The first-order valence-electron chi connectivity index (χ1n) is 7.80. The van der Waals surface area contributed by atoms with E-state index in [1.165, 1.54) is 12.1 Å². The predicted molar refractivity (Wildman–Crippen MR) is 93.4 cm³/mol. The lowest BCUT2D eigenvalue weighted by Gasteiger charge is -2.28. The first kappa shape index (κ1) is 20.4. The van der Waals surface area contributed by atoms with Gasteiger partial charge in [0.2, 0.25) is 0 Å². The van der Waals surface area contributed by atoms with Crippen molar-refractivity contribution in [2.45, 2.75) is 26.7 Å². The number of rotatable bonds is 9. The first-order valence-corrected chi connectivity index (χ1v) is 8.92. The summed E-state index contributed by atoms with van der Waals surface area (Å²) in [6.07, 6.45) is 3.77. The third-order valence-electron chi connectivity index (χ3n) is 3.47. The SMILES string of the molecule is CCOC(=O)C(C/C=C\CBr)(Cc1ccc(F)cc1)C(=O)OCC. The second kappa shape index (κ2) is 10.2. The van der Waals surface area contributed by atoms with Gasteiger partial charge in [0.05, 0.1) is 13.2 Å². The number of hydrogen-bond acceptors (Lipinski definition) is 4. The number of carbonyl (C=O) groups is 2. The number of benzene rings is 1. The highest BCUT2D eigenvalue weighted by Gasteiger charge is 2.48. The smallest absolute Gasteiger partial charge is 0.324 e. The van der Waals surface area contributed by atoms with Gasteiger partial charge < -0.3 is 9.47 Å². The number of allylic oxidation sites excluding steroid dienone is 2. The van der Waals surface area contributed by atoms with Crippen molar-refractivity contribution >= 4 is 27.9 Å². The van der Waals surface area contributed by atoms with Gasteiger partial charge in [-0.2, -0.15) is 0 Å². The van der Waals surface area contributed by atoms with Crippen LogP contribution in [0.3, 0.4) is 0 Å². The minimum atomic E-state index is -1.48. The van der Waals surface area contributed by atoms with Gasteiger partial charge >= 0.3 is 11.9 Å². The molecule has 0 aliphatic carbocycles. The largest absolute Gasteiger partial charge is 0.465 e. The molecule has 1 aromatic rings. The summed E-state index contributed by atoms with van der Waals surface area (Å²) in [5.41, 5.74) is -0.826. The van der Waals surface area contributed by atoms with Crippen molar-refractivity contribution in [1.29, 1.82) is 0 Å². The van der Waals surface area contributed by atoms with Gasteiger partial charge in [-0.3, -0.25) is 9.59 Å². The zero-order valence-corrected chi connectivity index (χ0v) is 15.5. The fourth-order valence-corrected chi connectivity index (χ4v) is 2.57. The summed E-state index contributed by atoms with van der Waals surface area (Å²) in [5.74, 6) is -1.64. The van der Waals surface area contributed by atoms with Crippen molar-refractivity contribution in [2.24, 2.45) is 5.41 Å². The maximum atomic E-state index is 13.1. The van der Waals surface area contributed by atoms with E-state index in [1.54, 1.807) is 38.1 Å². The Morgan fingerprint density at radius 1 is 1.08 bits per heavy atom. The molecule has 1 rings (SSSR count). The Morgan fingerprint density at radius 3 is 2.08 bits per heavy atom. The molecule has 132 valence electrons. The molecule has 4 nitrogen and oxygen atoms in total. The molecule has 0 aromatic heterocycles. The van der Waals surface area contributed by atoms with Crippen LogP contribution in [0.4, 0.5) is 4.39 Å². The molecule has 0 radical (unpaired) electrons. The number of ether oxygens (including phenoxy) is 2. The summed E-state index contributed by atoms with van der Waals surface area (Å²) < 4.78 is 23.4. The minimum absolute atomic E-state index is 0.0809. The van der Waals surface area contributed by atoms with Crippen LogP contribution >= 0.6 is 15.9 Å². The molecular weight excluding hydrogens is 379 g/mol. The van der Waals surface area contributed by atoms with Gasteiger partial charge in [-0.1, -0.05) is 40.2 Å². The van der Waals surface area contributed by atoms with Crippen molar-refractivity contribution in [2.75, 3.05) is 18.5 Å². The van der Waals surface area contributed by atoms with Crippen molar-refractivity contribution < 1.29 is 23.5 Å². The number of alkyl halides is 1. The quantitative estimate of drug-likeness (QED) is 0.273. The number of esters is 2. The Bertz CT molecular complexity index is 551. The minimum Gasteiger partial charge on any atom is -0.465 e. The van der Waals surface area contributed by atoms with Crippen LogP contribution in [0.2, 0.25) is 0 Å². The van der Waals surface area contributed by atoms with E-state index < -0.39 is 17.4 Å². The summed E-state index contributed by atoms with van der Waals surface area (Å²) in [6, 6.07) is 5.70. The maximum absolute atomic E-state index is 13.1. The van der Waals surface area contributed by atoms with Crippen LogP contribution in [0.15, 0.2) is 36.4 Å². The van der Waals surface area contributed by atoms with Gasteiger partial charge in [0.25, 0.3) is 0 Å².